The summed E-state index contributed by atoms with van der Waals surface area (Å²) in [6, 6.07) is 12.2. The minimum absolute atomic E-state index is 0.228. The van der Waals surface area contributed by atoms with Crippen LogP contribution in [-0.2, 0) is 0 Å². The topological polar surface area (TPSA) is 17.1 Å². The standard InChI is InChI=1S/C14H11FO/c1-10-5-6-13(8-14(10)15)12-4-2-3-11(7-12)9-16/h2-9H,1H3. The zero-order valence-corrected chi connectivity index (χ0v) is 8.91. The van der Waals surface area contributed by atoms with Gasteiger partial charge in [-0.1, -0.05) is 30.3 Å². The predicted molar refractivity (Wildman–Crippen MR) is 62.0 cm³/mol. The average molecular weight is 214 g/mol. The summed E-state index contributed by atoms with van der Waals surface area (Å²) in [5, 5.41) is 0. The maximum Gasteiger partial charge on any atom is 0.150 e. The number of hydrogen-bond acceptors (Lipinski definition) is 1. The summed E-state index contributed by atoms with van der Waals surface area (Å²) in [5.74, 6) is -0.228. The highest BCUT2D eigenvalue weighted by Crippen LogP contribution is 2.22. The Balaban J connectivity index is 2.49. The number of carbonyl (C=O) groups is 1. The molecule has 0 saturated carbocycles. The Morgan fingerprint density at radius 3 is 2.50 bits per heavy atom. The van der Waals surface area contributed by atoms with Gasteiger partial charge in [0.25, 0.3) is 0 Å². The molecule has 16 heavy (non-hydrogen) atoms. The summed E-state index contributed by atoms with van der Waals surface area (Å²) >= 11 is 0. The Morgan fingerprint density at radius 1 is 1.06 bits per heavy atom. The van der Waals surface area contributed by atoms with E-state index < -0.39 is 0 Å². The molecule has 80 valence electrons. The van der Waals surface area contributed by atoms with Gasteiger partial charge in [-0.2, -0.15) is 0 Å². The smallest absolute Gasteiger partial charge is 0.150 e. The molecule has 0 spiro atoms. The van der Waals surface area contributed by atoms with Gasteiger partial charge in [0, 0.05) is 5.56 Å². The van der Waals surface area contributed by atoms with Gasteiger partial charge in [-0.05, 0) is 35.7 Å². The van der Waals surface area contributed by atoms with E-state index in [1.165, 1.54) is 6.07 Å². The molecule has 2 rings (SSSR count). The molecule has 1 nitrogen and oxygen atoms in total. The Kier molecular flexibility index (Phi) is 2.82. The summed E-state index contributed by atoms with van der Waals surface area (Å²) in [4.78, 5) is 10.6. The average Bonchev–Trinajstić information content (AvgIpc) is 2.33. The van der Waals surface area contributed by atoms with Crippen molar-refractivity contribution in [1.29, 1.82) is 0 Å². The second-order valence-corrected chi connectivity index (χ2v) is 3.71. The first-order chi connectivity index (χ1) is 7.70. The summed E-state index contributed by atoms with van der Waals surface area (Å²) in [6.07, 6.45) is 0.786. The van der Waals surface area contributed by atoms with Gasteiger partial charge in [0.2, 0.25) is 0 Å². The van der Waals surface area contributed by atoms with Crippen molar-refractivity contribution in [2.75, 3.05) is 0 Å². The number of aryl methyl sites for hydroxylation is 1. The highest BCUT2D eigenvalue weighted by molar-refractivity contribution is 5.78. The van der Waals surface area contributed by atoms with Crippen molar-refractivity contribution < 1.29 is 9.18 Å². The Morgan fingerprint density at radius 2 is 1.81 bits per heavy atom. The van der Waals surface area contributed by atoms with Crippen LogP contribution in [0, 0.1) is 12.7 Å². The molecule has 0 amide bonds. The fraction of sp³-hybridized carbons (Fsp3) is 0.0714. The summed E-state index contributed by atoms with van der Waals surface area (Å²) in [7, 11) is 0. The van der Waals surface area contributed by atoms with Gasteiger partial charge >= 0.3 is 0 Å². The molecular weight excluding hydrogens is 203 g/mol. The van der Waals surface area contributed by atoms with Crippen molar-refractivity contribution in [3.05, 3.63) is 59.4 Å². The molecule has 0 aliphatic carbocycles. The Bertz CT molecular complexity index is 532. The molecule has 2 aromatic carbocycles. The third-order valence-corrected chi connectivity index (χ3v) is 2.53. The summed E-state index contributed by atoms with van der Waals surface area (Å²) < 4.78 is 13.4. The van der Waals surface area contributed by atoms with E-state index in [1.807, 2.05) is 12.1 Å². The molecule has 0 N–H and O–H groups in total. The van der Waals surface area contributed by atoms with Gasteiger partial charge in [-0.25, -0.2) is 4.39 Å². The van der Waals surface area contributed by atoms with Crippen LogP contribution in [0.2, 0.25) is 0 Å². The first-order valence-corrected chi connectivity index (χ1v) is 5.02. The van der Waals surface area contributed by atoms with Crippen LogP contribution in [0.1, 0.15) is 15.9 Å². The normalized spacial score (nSPS) is 10.1. The maximum atomic E-state index is 13.4. The number of carbonyl (C=O) groups excluding carboxylic acids is 1. The molecule has 0 fully saturated rings. The van der Waals surface area contributed by atoms with E-state index in [-0.39, 0.29) is 5.82 Å². The SMILES string of the molecule is Cc1ccc(-c2cccc(C=O)c2)cc1F. The molecule has 0 bridgehead atoms. The van der Waals surface area contributed by atoms with Crippen molar-refractivity contribution in [2.24, 2.45) is 0 Å². The van der Waals surface area contributed by atoms with Gasteiger partial charge in [0.1, 0.15) is 12.1 Å². The van der Waals surface area contributed by atoms with Gasteiger partial charge in [0.05, 0.1) is 0 Å². The molecule has 0 saturated heterocycles. The number of halogens is 1. The lowest BCUT2D eigenvalue weighted by Crippen LogP contribution is -1.86. The zero-order chi connectivity index (χ0) is 11.5. The minimum Gasteiger partial charge on any atom is -0.298 e. The summed E-state index contributed by atoms with van der Waals surface area (Å²) in [6.45, 7) is 1.72. The van der Waals surface area contributed by atoms with Gasteiger partial charge in [-0.3, -0.25) is 4.79 Å². The van der Waals surface area contributed by atoms with Crippen LogP contribution in [0.5, 0.6) is 0 Å². The maximum absolute atomic E-state index is 13.4. The molecule has 2 aromatic rings. The molecule has 0 heterocycles. The van der Waals surface area contributed by atoms with Crippen LogP contribution in [0.15, 0.2) is 42.5 Å². The highest BCUT2D eigenvalue weighted by Gasteiger charge is 2.02. The Hall–Kier alpha value is -1.96. The van der Waals surface area contributed by atoms with E-state index in [1.54, 1.807) is 31.2 Å². The molecule has 0 aromatic heterocycles. The predicted octanol–water partition coefficient (Wildman–Crippen LogP) is 3.61. The summed E-state index contributed by atoms with van der Waals surface area (Å²) in [5.41, 5.74) is 2.85. The fourth-order valence-electron chi connectivity index (χ4n) is 1.56. The minimum atomic E-state index is -0.228. The third kappa shape index (κ3) is 2.01. The van der Waals surface area contributed by atoms with E-state index in [0.717, 1.165) is 17.4 Å². The van der Waals surface area contributed by atoms with E-state index in [9.17, 15) is 9.18 Å². The largest absolute Gasteiger partial charge is 0.298 e. The van der Waals surface area contributed by atoms with Crippen LogP contribution in [0.4, 0.5) is 4.39 Å². The molecule has 0 atom stereocenters. The van der Waals surface area contributed by atoms with Crippen LogP contribution in [-0.4, -0.2) is 6.29 Å². The molecule has 0 unspecified atom stereocenters. The number of aldehydes is 1. The zero-order valence-electron chi connectivity index (χ0n) is 8.91. The van der Waals surface area contributed by atoms with E-state index in [2.05, 4.69) is 0 Å². The number of rotatable bonds is 2. The van der Waals surface area contributed by atoms with E-state index in [4.69, 9.17) is 0 Å². The lowest BCUT2D eigenvalue weighted by Gasteiger charge is -2.04. The first kappa shape index (κ1) is 10.6. The molecule has 2 heteroatoms. The second-order valence-electron chi connectivity index (χ2n) is 3.71. The van der Waals surface area contributed by atoms with E-state index in [0.29, 0.717) is 11.1 Å². The van der Waals surface area contributed by atoms with Crippen LogP contribution >= 0.6 is 0 Å². The quantitative estimate of drug-likeness (QED) is 0.698. The molecule has 0 aliphatic heterocycles. The van der Waals surface area contributed by atoms with Crippen molar-refractivity contribution in [1.82, 2.24) is 0 Å². The number of hydrogen-bond donors (Lipinski definition) is 0. The van der Waals surface area contributed by atoms with Crippen LogP contribution in [0.3, 0.4) is 0 Å². The third-order valence-electron chi connectivity index (χ3n) is 2.53. The van der Waals surface area contributed by atoms with Crippen LogP contribution < -0.4 is 0 Å². The van der Waals surface area contributed by atoms with Crippen LogP contribution in [0.25, 0.3) is 11.1 Å². The highest BCUT2D eigenvalue weighted by atomic mass is 19.1. The molecule has 0 aliphatic rings. The Labute approximate surface area is 93.5 Å². The van der Waals surface area contributed by atoms with Gasteiger partial charge in [0.15, 0.2) is 0 Å². The van der Waals surface area contributed by atoms with Crippen molar-refractivity contribution >= 4 is 6.29 Å². The van der Waals surface area contributed by atoms with Crippen molar-refractivity contribution in [3.63, 3.8) is 0 Å². The second kappa shape index (κ2) is 4.27. The lowest BCUT2D eigenvalue weighted by atomic mass is 10.0. The van der Waals surface area contributed by atoms with Gasteiger partial charge in [-0.15, -0.1) is 0 Å². The van der Waals surface area contributed by atoms with Crippen molar-refractivity contribution in [2.45, 2.75) is 6.92 Å². The fourth-order valence-corrected chi connectivity index (χ4v) is 1.56. The molecular formula is C14H11FO. The van der Waals surface area contributed by atoms with Gasteiger partial charge < -0.3 is 0 Å². The molecule has 0 radical (unpaired) electrons. The monoisotopic (exact) mass is 214 g/mol. The van der Waals surface area contributed by atoms with Crippen molar-refractivity contribution in [3.8, 4) is 11.1 Å². The number of benzene rings is 2. The first-order valence-electron chi connectivity index (χ1n) is 5.02. The van der Waals surface area contributed by atoms with E-state index >= 15 is 0 Å². The lowest BCUT2D eigenvalue weighted by molar-refractivity contribution is 0.112.